The topological polar surface area (TPSA) is 76.1 Å². The van der Waals surface area contributed by atoms with Gasteiger partial charge >= 0.3 is 16.2 Å². The Morgan fingerprint density at radius 2 is 1.55 bits per heavy atom. The number of esters is 1. The Hall–Kier alpha value is -1.97. The lowest BCUT2D eigenvalue weighted by Gasteiger charge is -2.52. The second-order valence-corrected chi connectivity index (χ2v) is 22.7. The van der Waals surface area contributed by atoms with Gasteiger partial charge in [-0.25, -0.2) is 0 Å². The van der Waals surface area contributed by atoms with Gasteiger partial charge in [-0.1, -0.05) is 73.1 Å². The minimum atomic E-state index is -9.91. The number of fused-ring (bicyclic) bond motifs is 4. The van der Waals surface area contributed by atoms with E-state index < -0.39 is 60.7 Å². The second-order valence-electron chi connectivity index (χ2n) is 16.3. The van der Waals surface area contributed by atoms with E-state index in [2.05, 4.69) is 47.8 Å². The Kier molecular flexibility index (Phi) is 9.33. The molecule has 2 fully saturated rings. The van der Waals surface area contributed by atoms with E-state index in [-0.39, 0.29) is 10.7 Å². The SMILES string of the molecule is CCS(C)(O[C@H]1CC(C)(C)[C@@H](OC(C)=O)c2nc(C3CCOCC3)c3c(c21)C1(CCOCC1)O[C@@H]3c1ccc(S(F)(F)(F)(F)F)cc1)C(C)(C)C. The summed E-state index contributed by atoms with van der Waals surface area (Å²) in [4.78, 5) is 16.2. The number of carbonyl (C=O) groups excluding carboxylic acids is 1. The van der Waals surface area contributed by atoms with Gasteiger partial charge in [0.25, 0.3) is 0 Å². The van der Waals surface area contributed by atoms with E-state index in [9.17, 15) is 24.2 Å². The molecule has 3 aliphatic heterocycles. The quantitative estimate of drug-likeness (QED) is 0.205. The first-order valence-electron chi connectivity index (χ1n) is 17.8. The largest absolute Gasteiger partial charge is 0.455 e. The maximum atomic E-state index is 13.8. The molecule has 4 heterocycles. The van der Waals surface area contributed by atoms with E-state index >= 15 is 0 Å². The number of pyridine rings is 1. The van der Waals surface area contributed by atoms with Crippen LogP contribution in [0.5, 0.6) is 0 Å². The third-order valence-electron chi connectivity index (χ3n) is 11.4. The number of hydrogen-bond acceptors (Lipinski definition) is 7. The van der Waals surface area contributed by atoms with Crippen LogP contribution in [0.3, 0.4) is 0 Å². The Labute approximate surface area is 299 Å². The van der Waals surface area contributed by atoms with Crippen molar-refractivity contribution in [2.75, 3.05) is 38.4 Å². The van der Waals surface area contributed by atoms with Crippen LogP contribution in [0.25, 0.3) is 0 Å². The zero-order valence-electron chi connectivity index (χ0n) is 30.8. The van der Waals surface area contributed by atoms with Gasteiger partial charge in [0.2, 0.25) is 0 Å². The van der Waals surface area contributed by atoms with E-state index in [1.54, 1.807) is 0 Å². The van der Waals surface area contributed by atoms with E-state index in [4.69, 9.17) is 28.1 Å². The summed E-state index contributed by atoms with van der Waals surface area (Å²) in [5, 5.41) is 0. The number of benzene rings is 1. The highest BCUT2D eigenvalue weighted by molar-refractivity contribution is 8.45. The lowest BCUT2D eigenvalue weighted by molar-refractivity contribution is -0.156. The molecule has 2 saturated heterocycles. The molecule has 0 bridgehead atoms. The normalized spacial score (nSPS) is 28.1. The Balaban J connectivity index is 1.67. The average Bonchev–Trinajstić information content (AvgIpc) is 3.35. The number of hydrogen-bond donors (Lipinski definition) is 0. The van der Waals surface area contributed by atoms with Crippen LogP contribution in [-0.2, 0) is 33.5 Å². The van der Waals surface area contributed by atoms with Crippen LogP contribution in [0.4, 0.5) is 19.4 Å². The van der Waals surface area contributed by atoms with E-state index in [1.165, 1.54) is 6.92 Å². The first-order chi connectivity index (χ1) is 23.4. The van der Waals surface area contributed by atoms with E-state index in [1.807, 2.05) is 0 Å². The van der Waals surface area contributed by atoms with Crippen LogP contribution < -0.4 is 0 Å². The summed E-state index contributed by atoms with van der Waals surface area (Å²) in [6, 6.07) is 3.12. The molecule has 14 heteroatoms. The smallest absolute Gasteiger partial charge is 0.310 e. The molecule has 4 atom stereocenters. The van der Waals surface area contributed by atoms with Crippen molar-refractivity contribution in [2.45, 2.75) is 120 Å². The summed E-state index contributed by atoms with van der Waals surface area (Å²) in [5.74, 6) is 0.264. The van der Waals surface area contributed by atoms with Crippen molar-refractivity contribution >= 4 is 26.5 Å². The molecule has 1 spiro atoms. The molecule has 0 saturated carbocycles. The fraction of sp³-hybridized carbons (Fsp3) is 0.676. The summed E-state index contributed by atoms with van der Waals surface area (Å²) >= 11 is 0. The monoisotopic (exact) mass is 765 g/mol. The molecular weight excluding hydrogens is 714 g/mol. The minimum Gasteiger partial charge on any atom is -0.455 e. The van der Waals surface area contributed by atoms with Gasteiger partial charge in [0, 0.05) is 73.4 Å². The molecule has 4 aliphatic rings. The van der Waals surface area contributed by atoms with Crippen molar-refractivity contribution in [3.8, 4) is 0 Å². The Bertz CT molecular complexity index is 1670. The molecule has 0 N–H and O–H groups in total. The zero-order chi connectivity index (χ0) is 37.5. The number of halogens is 5. The van der Waals surface area contributed by atoms with E-state index in [0.717, 1.165) is 34.6 Å². The van der Waals surface area contributed by atoms with Crippen LogP contribution in [0, 0.1) is 5.41 Å². The lowest BCUT2D eigenvalue weighted by Crippen LogP contribution is -2.41. The summed E-state index contributed by atoms with van der Waals surface area (Å²) in [5.41, 5.74) is 2.54. The van der Waals surface area contributed by atoms with Crippen molar-refractivity contribution in [1.29, 1.82) is 0 Å². The predicted molar refractivity (Wildman–Crippen MR) is 190 cm³/mol. The number of nitrogens with zero attached hydrogens (tertiary/aromatic N) is 1. The molecule has 1 aromatic carbocycles. The van der Waals surface area contributed by atoms with Crippen molar-refractivity contribution in [3.63, 3.8) is 0 Å². The van der Waals surface area contributed by atoms with Crippen LogP contribution >= 0.6 is 20.5 Å². The van der Waals surface area contributed by atoms with Crippen molar-refractivity contribution in [1.82, 2.24) is 4.98 Å². The molecule has 2 aromatic rings. The molecule has 1 aliphatic carbocycles. The van der Waals surface area contributed by atoms with Gasteiger partial charge in [-0.15, -0.1) is 10.3 Å². The lowest BCUT2D eigenvalue weighted by atomic mass is 9.68. The zero-order valence-corrected chi connectivity index (χ0v) is 32.4. The Morgan fingerprint density at radius 3 is 2.08 bits per heavy atom. The molecule has 0 radical (unpaired) electrons. The van der Waals surface area contributed by atoms with Gasteiger partial charge in [-0.3, -0.25) is 9.78 Å². The van der Waals surface area contributed by atoms with Crippen LogP contribution in [0.15, 0.2) is 29.2 Å². The first kappa shape index (κ1) is 38.7. The van der Waals surface area contributed by atoms with Crippen molar-refractivity contribution < 1.29 is 47.4 Å². The maximum absolute atomic E-state index is 13.8. The molecule has 51 heavy (non-hydrogen) atoms. The van der Waals surface area contributed by atoms with Crippen LogP contribution in [0.1, 0.15) is 138 Å². The molecule has 0 amide bonds. The van der Waals surface area contributed by atoms with Gasteiger partial charge in [0.15, 0.2) is 0 Å². The summed E-state index contributed by atoms with van der Waals surface area (Å²) < 4.78 is 101. The van der Waals surface area contributed by atoms with Gasteiger partial charge in [0.05, 0.1) is 23.1 Å². The van der Waals surface area contributed by atoms with Gasteiger partial charge in [0.1, 0.15) is 17.1 Å². The summed E-state index contributed by atoms with van der Waals surface area (Å²) in [7, 11) is -11.6. The highest BCUT2D eigenvalue weighted by atomic mass is 32.5. The average molecular weight is 766 g/mol. The number of rotatable bonds is 7. The fourth-order valence-electron chi connectivity index (χ4n) is 8.18. The second kappa shape index (κ2) is 12.3. The highest BCUT2D eigenvalue weighted by Crippen LogP contribution is 3.02. The fourth-order valence-corrected chi connectivity index (χ4v) is 10.8. The predicted octanol–water partition coefficient (Wildman–Crippen LogP) is 11.0. The molecular formula is C37H52F5NO6S2. The molecule has 288 valence electrons. The maximum Gasteiger partial charge on any atom is 0.310 e. The third-order valence-corrected chi connectivity index (χ3v) is 16.9. The first-order valence-corrected chi connectivity index (χ1v) is 21.8. The van der Waals surface area contributed by atoms with E-state index in [0.29, 0.717) is 87.6 Å². The Morgan fingerprint density at radius 1 is 0.961 bits per heavy atom. The molecule has 6 rings (SSSR count). The van der Waals surface area contributed by atoms with Gasteiger partial charge in [-0.05, 0) is 54.5 Å². The number of aromatic nitrogens is 1. The van der Waals surface area contributed by atoms with Crippen LogP contribution in [-0.4, -0.2) is 54.1 Å². The molecule has 1 unspecified atom stereocenters. The standard InChI is InChI=1S/C37H52F5NO6S2/c1-9-50(8,35(3,4)5)49-27-22-36(6,7)34(47-23(2)44)32-28(27)30-29(31(43-32)24-14-18-45-19-15-24)33(48-37(30)16-20-46-21-17-37)25-10-12-26(13-11-25)51(38,39,40,41)42/h10-13,24,27,33-34H,9,14-22H2,1-8H3/t27-,33+,34-/m0/s1. The summed E-state index contributed by atoms with van der Waals surface area (Å²) in [6.45, 7) is 15.9. The highest BCUT2D eigenvalue weighted by Gasteiger charge is 2.65. The van der Waals surface area contributed by atoms with Crippen molar-refractivity contribution in [2.24, 2.45) is 5.41 Å². The van der Waals surface area contributed by atoms with Crippen LogP contribution in [0.2, 0.25) is 0 Å². The number of ether oxygens (including phenoxy) is 4. The summed E-state index contributed by atoms with van der Waals surface area (Å²) in [6.07, 6.45) is 2.83. The van der Waals surface area contributed by atoms with Crippen molar-refractivity contribution in [3.05, 3.63) is 57.9 Å². The minimum absolute atomic E-state index is 0.0913. The molecule has 1 aromatic heterocycles. The molecule has 7 nitrogen and oxygen atoms in total. The van der Waals surface area contributed by atoms with Gasteiger partial charge < -0.3 is 23.1 Å². The van der Waals surface area contributed by atoms with Gasteiger partial charge in [-0.2, -0.15) is 0 Å². The number of carbonyl (C=O) groups is 1. The third kappa shape index (κ3) is 7.18.